The van der Waals surface area contributed by atoms with E-state index >= 15 is 0 Å². The van der Waals surface area contributed by atoms with E-state index in [0.29, 0.717) is 22.2 Å². The Morgan fingerprint density at radius 1 is 1.39 bits per heavy atom. The second kappa shape index (κ2) is 6.21. The maximum absolute atomic E-state index is 12.2. The fraction of sp³-hybridized carbons (Fsp3) is 0.467. The van der Waals surface area contributed by atoms with Gasteiger partial charge in [-0.25, -0.2) is 9.97 Å². The number of aryl methyl sites for hydroxylation is 2. The Labute approximate surface area is 137 Å². The van der Waals surface area contributed by atoms with E-state index in [0.717, 1.165) is 25.2 Å². The summed E-state index contributed by atoms with van der Waals surface area (Å²) in [4.78, 5) is 38.9. The average Bonchev–Trinajstić information content (AvgIpc) is 2.84. The number of anilines is 1. The van der Waals surface area contributed by atoms with Crippen LogP contribution in [0.3, 0.4) is 0 Å². The minimum Gasteiger partial charge on any atom is -0.311 e. The summed E-state index contributed by atoms with van der Waals surface area (Å²) >= 11 is 1.50. The number of carbonyl (C=O) groups is 1. The Morgan fingerprint density at radius 2 is 2.17 bits per heavy atom. The fourth-order valence-electron chi connectivity index (χ4n) is 2.66. The number of rotatable bonds is 3. The van der Waals surface area contributed by atoms with Crippen LogP contribution in [0.15, 0.2) is 4.79 Å². The molecule has 1 aliphatic heterocycles. The largest absolute Gasteiger partial charge is 0.311 e. The van der Waals surface area contributed by atoms with E-state index in [-0.39, 0.29) is 17.9 Å². The summed E-state index contributed by atoms with van der Waals surface area (Å²) in [6.07, 6.45) is 0.900. The normalized spacial score (nSPS) is 14.6. The zero-order chi connectivity index (χ0) is 16.6. The van der Waals surface area contributed by atoms with Crippen molar-refractivity contribution in [1.82, 2.24) is 19.9 Å². The molecule has 0 saturated heterocycles. The Balaban J connectivity index is 1.72. The summed E-state index contributed by atoms with van der Waals surface area (Å²) in [7, 11) is 2.07. The molecule has 0 fully saturated rings. The first-order valence-electron chi connectivity index (χ1n) is 7.45. The molecule has 0 bridgehead atoms. The number of thiazole rings is 1. The van der Waals surface area contributed by atoms with Gasteiger partial charge in [0.1, 0.15) is 5.82 Å². The smallest absolute Gasteiger partial charge is 0.254 e. The van der Waals surface area contributed by atoms with E-state index in [2.05, 4.69) is 32.2 Å². The van der Waals surface area contributed by atoms with Crippen LogP contribution in [0.1, 0.15) is 27.7 Å². The number of hydrogen-bond donors (Lipinski definition) is 2. The van der Waals surface area contributed by atoms with Gasteiger partial charge in [-0.3, -0.25) is 9.59 Å². The van der Waals surface area contributed by atoms with Gasteiger partial charge in [0, 0.05) is 35.6 Å². The maximum atomic E-state index is 12.2. The van der Waals surface area contributed by atoms with Crippen molar-refractivity contribution in [3.63, 3.8) is 0 Å². The monoisotopic (exact) mass is 333 g/mol. The number of likely N-dealkylation sites (N-methyl/N-ethyl adjacent to an activating group) is 1. The molecule has 7 nitrogen and oxygen atoms in total. The zero-order valence-corrected chi connectivity index (χ0v) is 14.2. The fourth-order valence-corrected chi connectivity index (χ4v) is 3.76. The molecule has 0 aromatic carbocycles. The molecule has 3 rings (SSSR count). The van der Waals surface area contributed by atoms with E-state index in [4.69, 9.17) is 0 Å². The lowest BCUT2D eigenvalue weighted by molar-refractivity contribution is -0.115. The number of aromatic amines is 1. The summed E-state index contributed by atoms with van der Waals surface area (Å²) in [6, 6.07) is 0. The summed E-state index contributed by atoms with van der Waals surface area (Å²) in [5.74, 6) is 0.303. The molecular formula is C15H19N5O2S. The lowest BCUT2D eigenvalue weighted by atomic mass is 10.1. The highest BCUT2D eigenvalue weighted by molar-refractivity contribution is 7.15. The summed E-state index contributed by atoms with van der Waals surface area (Å²) < 4.78 is 0. The third-order valence-electron chi connectivity index (χ3n) is 3.85. The highest BCUT2D eigenvalue weighted by Crippen LogP contribution is 2.27. The molecule has 23 heavy (non-hydrogen) atoms. The minimum atomic E-state index is -0.259. The Kier molecular flexibility index (Phi) is 4.27. The van der Waals surface area contributed by atoms with Crippen LogP contribution in [-0.4, -0.2) is 39.4 Å². The first kappa shape index (κ1) is 15.8. The van der Waals surface area contributed by atoms with Crippen molar-refractivity contribution in [3.8, 4) is 0 Å². The van der Waals surface area contributed by atoms with E-state index < -0.39 is 0 Å². The molecule has 0 unspecified atom stereocenters. The molecule has 0 spiro atoms. The Morgan fingerprint density at radius 3 is 2.91 bits per heavy atom. The van der Waals surface area contributed by atoms with Gasteiger partial charge in [-0.05, 0) is 20.9 Å². The quantitative estimate of drug-likeness (QED) is 0.875. The third kappa shape index (κ3) is 3.48. The molecule has 2 N–H and O–H groups in total. The molecular weight excluding hydrogens is 314 g/mol. The molecule has 1 amide bonds. The number of H-pyrrole nitrogens is 1. The second-order valence-electron chi connectivity index (χ2n) is 5.82. The Hall–Kier alpha value is -2.06. The first-order chi connectivity index (χ1) is 10.9. The van der Waals surface area contributed by atoms with E-state index in [1.54, 1.807) is 13.8 Å². The third-order valence-corrected chi connectivity index (χ3v) is 4.84. The minimum absolute atomic E-state index is 0.00139. The lowest BCUT2D eigenvalue weighted by Gasteiger charge is -2.20. The van der Waals surface area contributed by atoms with Crippen molar-refractivity contribution < 1.29 is 4.79 Å². The highest BCUT2D eigenvalue weighted by atomic mass is 32.1. The zero-order valence-electron chi connectivity index (χ0n) is 13.4. The van der Waals surface area contributed by atoms with Crippen LogP contribution in [0, 0.1) is 13.8 Å². The average molecular weight is 333 g/mol. The molecule has 8 heteroatoms. The van der Waals surface area contributed by atoms with Gasteiger partial charge in [-0.15, -0.1) is 11.3 Å². The molecule has 3 heterocycles. The first-order valence-corrected chi connectivity index (χ1v) is 8.27. The van der Waals surface area contributed by atoms with Gasteiger partial charge in [-0.1, -0.05) is 0 Å². The standard InChI is InChI=1S/C15H19N5O2S/c1-8-10(14(22)17-9(2)16-8)6-13(21)19-15-18-11-4-5-20(3)7-12(11)23-15/h4-7H2,1-3H3,(H,16,17,22)(H,18,19,21). The molecule has 0 aliphatic carbocycles. The molecule has 2 aromatic rings. The van der Waals surface area contributed by atoms with Crippen molar-refractivity contribution in [3.05, 3.63) is 38.0 Å². The number of aromatic nitrogens is 3. The number of nitrogens with zero attached hydrogens (tertiary/aromatic N) is 3. The predicted octanol–water partition coefficient (Wildman–Crippen LogP) is 1.01. The van der Waals surface area contributed by atoms with Crippen molar-refractivity contribution in [2.45, 2.75) is 33.2 Å². The molecule has 0 saturated carbocycles. The van der Waals surface area contributed by atoms with Crippen LogP contribution >= 0.6 is 11.3 Å². The predicted molar refractivity (Wildman–Crippen MR) is 88.8 cm³/mol. The molecule has 0 radical (unpaired) electrons. The topological polar surface area (TPSA) is 91.0 Å². The second-order valence-corrected chi connectivity index (χ2v) is 6.90. The Bertz CT molecular complexity index is 811. The molecule has 0 atom stereocenters. The van der Waals surface area contributed by atoms with Gasteiger partial charge in [-0.2, -0.15) is 0 Å². The van der Waals surface area contributed by atoms with E-state index in [1.807, 2.05) is 0 Å². The van der Waals surface area contributed by atoms with Crippen molar-refractivity contribution in [2.24, 2.45) is 0 Å². The van der Waals surface area contributed by atoms with E-state index in [1.165, 1.54) is 16.2 Å². The molecule has 1 aliphatic rings. The maximum Gasteiger partial charge on any atom is 0.254 e. The number of carbonyl (C=O) groups excluding carboxylic acids is 1. The van der Waals surface area contributed by atoms with Crippen LogP contribution in [0.5, 0.6) is 0 Å². The van der Waals surface area contributed by atoms with Gasteiger partial charge in [0.2, 0.25) is 5.91 Å². The van der Waals surface area contributed by atoms with Crippen molar-refractivity contribution in [2.75, 3.05) is 18.9 Å². The van der Waals surface area contributed by atoms with Crippen LogP contribution < -0.4 is 10.9 Å². The molecule has 2 aromatic heterocycles. The van der Waals surface area contributed by atoms with Gasteiger partial charge in [0.25, 0.3) is 5.56 Å². The lowest BCUT2D eigenvalue weighted by Crippen LogP contribution is -2.25. The SMILES string of the molecule is Cc1nc(C)c(CC(=O)Nc2nc3c(s2)CN(C)CC3)c(=O)[nH]1. The number of nitrogens with one attached hydrogen (secondary N) is 2. The van der Waals surface area contributed by atoms with Crippen LogP contribution in [0.2, 0.25) is 0 Å². The van der Waals surface area contributed by atoms with Crippen LogP contribution in [0.4, 0.5) is 5.13 Å². The van der Waals surface area contributed by atoms with Gasteiger partial charge in [0.15, 0.2) is 5.13 Å². The number of hydrogen-bond acceptors (Lipinski definition) is 6. The van der Waals surface area contributed by atoms with Gasteiger partial charge >= 0.3 is 0 Å². The van der Waals surface area contributed by atoms with E-state index in [9.17, 15) is 9.59 Å². The van der Waals surface area contributed by atoms with Crippen LogP contribution in [-0.2, 0) is 24.2 Å². The number of amides is 1. The van der Waals surface area contributed by atoms with Crippen LogP contribution in [0.25, 0.3) is 0 Å². The summed E-state index contributed by atoms with van der Waals surface area (Å²) in [5, 5.41) is 3.40. The summed E-state index contributed by atoms with van der Waals surface area (Å²) in [6.45, 7) is 5.30. The summed E-state index contributed by atoms with van der Waals surface area (Å²) in [5.41, 5.74) is 1.79. The molecule has 122 valence electrons. The van der Waals surface area contributed by atoms with Gasteiger partial charge < -0.3 is 15.2 Å². The van der Waals surface area contributed by atoms with Crippen molar-refractivity contribution >= 4 is 22.4 Å². The number of fused-ring (bicyclic) bond motifs is 1. The van der Waals surface area contributed by atoms with Crippen molar-refractivity contribution in [1.29, 1.82) is 0 Å². The van der Waals surface area contributed by atoms with Gasteiger partial charge in [0.05, 0.1) is 12.1 Å². The highest BCUT2D eigenvalue weighted by Gasteiger charge is 2.19.